The van der Waals surface area contributed by atoms with Gasteiger partial charge in [0.1, 0.15) is 5.82 Å². The van der Waals surface area contributed by atoms with Gasteiger partial charge in [0.2, 0.25) is 0 Å². The SMILES string of the molecule is CNC1CC(C)(C)Cc2nc(C3SCCSC3C)ncc21. The van der Waals surface area contributed by atoms with Crippen LogP contribution in [0.25, 0.3) is 0 Å². The Hall–Kier alpha value is -0.260. The van der Waals surface area contributed by atoms with E-state index < -0.39 is 0 Å². The van der Waals surface area contributed by atoms with E-state index in [1.54, 1.807) is 0 Å². The molecule has 1 aromatic rings. The van der Waals surface area contributed by atoms with E-state index in [2.05, 4.69) is 44.0 Å². The zero-order chi connectivity index (χ0) is 15.0. The number of nitrogens with one attached hydrogen (secondary N) is 1. The van der Waals surface area contributed by atoms with E-state index in [0.29, 0.717) is 22.0 Å². The minimum Gasteiger partial charge on any atom is -0.313 e. The molecule has 21 heavy (non-hydrogen) atoms. The van der Waals surface area contributed by atoms with Crippen LogP contribution in [0.5, 0.6) is 0 Å². The van der Waals surface area contributed by atoms with Crippen molar-refractivity contribution in [2.45, 2.75) is 50.2 Å². The second-order valence-electron chi connectivity index (χ2n) is 6.88. The van der Waals surface area contributed by atoms with E-state index in [4.69, 9.17) is 9.97 Å². The van der Waals surface area contributed by atoms with E-state index in [9.17, 15) is 0 Å². The first-order valence-corrected chi connectivity index (χ1v) is 9.86. The average Bonchev–Trinajstić information content (AvgIpc) is 2.45. The Bertz CT molecular complexity index is 518. The first kappa shape index (κ1) is 15.6. The predicted molar refractivity (Wildman–Crippen MR) is 93.1 cm³/mol. The van der Waals surface area contributed by atoms with Crippen molar-refractivity contribution in [3.05, 3.63) is 23.3 Å². The summed E-state index contributed by atoms with van der Waals surface area (Å²) in [6.45, 7) is 7.00. The predicted octanol–water partition coefficient (Wildman–Crippen LogP) is 3.62. The summed E-state index contributed by atoms with van der Waals surface area (Å²) in [5.41, 5.74) is 2.88. The molecule has 116 valence electrons. The molecule has 1 fully saturated rings. The second-order valence-corrected chi connectivity index (χ2v) is 9.62. The Kier molecular flexibility index (Phi) is 4.53. The lowest BCUT2D eigenvalue weighted by Crippen LogP contribution is -2.33. The summed E-state index contributed by atoms with van der Waals surface area (Å²) in [6, 6.07) is 0.392. The van der Waals surface area contributed by atoms with E-state index in [1.165, 1.54) is 22.8 Å². The summed E-state index contributed by atoms with van der Waals surface area (Å²) in [5, 5.41) is 4.49. The summed E-state index contributed by atoms with van der Waals surface area (Å²) in [6.07, 6.45) is 4.30. The summed E-state index contributed by atoms with van der Waals surface area (Å²) in [4.78, 5) is 9.72. The molecule has 3 rings (SSSR count). The summed E-state index contributed by atoms with van der Waals surface area (Å²) >= 11 is 4.07. The first-order valence-electron chi connectivity index (χ1n) is 7.76. The number of aromatic nitrogens is 2. The summed E-state index contributed by atoms with van der Waals surface area (Å²) < 4.78 is 0. The Morgan fingerprint density at radius 3 is 2.76 bits per heavy atom. The maximum atomic E-state index is 5.00. The maximum absolute atomic E-state index is 5.00. The summed E-state index contributed by atoms with van der Waals surface area (Å²) in [7, 11) is 2.04. The molecule has 1 aliphatic carbocycles. The zero-order valence-corrected chi connectivity index (χ0v) is 15.0. The molecule has 0 bridgehead atoms. The molecule has 1 N–H and O–H groups in total. The van der Waals surface area contributed by atoms with Crippen molar-refractivity contribution in [2.24, 2.45) is 5.41 Å². The maximum Gasteiger partial charge on any atom is 0.142 e. The number of rotatable bonds is 2. The van der Waals surface area contributed by atoms with Crippen LogP contribution in [0, 0.1) is 5.41 Å². The number of nitrogens with zero attached hydrogens (tertiary/aromatic N) is 2. The molecule has 0 spiro atoms. The van der Waals surface area contributed by atoms with Crippen molar-refractivity contribution in [3.8, 4) is 0 Å². The molecule has 0 radical (unpaired) electrons. The monoisotopic (exact) mass is 323 g/mol. The Labute approximate surface area is 136 Å². The zero-order valence-electron chi connectivity index (χ0n) is 13.3. The second kappa shape index (κ2) is 6.09. The van der Waals surface area contributed by atoms with Crippen LogP contribution >= 0.6 is 23.5 Å². The molecule has 0 aromatic carbocycles. The number of thioether (sulfide) groups is 2. The minimum atomic E-state index is 0.312. The molecule has 1 aliphatic heterocycles. The smallest absolute Gasteiger partial charge is 0.142 e. The molecule has 2 aliphatic rings. The van der Waals surface area contributed by atoms with E-state index in [-0.39, 0.29) is 0 Å². The molecule has 0 amide bonds. The molecule has 5 heteroatoms. The van der Waals surface area contributed by atoms with Crippen molar-refractivity contribution in [1.29, 1.82) is 0 Å². The number of hydrogen-bond donors (Lipinski definition) is 1. The van der Waals surface area contributed by atoms with Gasteiger partial charge in [-0.15, -0.1) is 11.8 Å². The van der Waals surface area contributed by atoms with Crippen LogP contribution in [0.15, 0.2) is 6.20 Å². The van der Waals surface area contributed by atoms with Crippen LogP contribution in [0.2, 0.25) is 0 Å². The third kappa shape index (κ3) is 3.25. The van der Waals surface area contributed by atoms with Gasteiger partial charge in [-0.1, -0.05) is 20.8 Å². The van der Waals surface area contributed by atoms with Crippen LogP contribution < -0.4 is 5.32 Å². The van der Waals surface area contributed by atoms with Crippen LogP contribution in [0.3, 0.4) is 0 Å². The van der Waals surface area contributed by atoms with E-state index in [0.717, 1.165) is 18.7 Å². The van der Waals surface area contributed by atoms with E-state index in [1.807, 2.05) is 18.8 Å². The molecule has 3 nitrogen and oxygen atoms in total. The highest BCUT2D eigenvalue weighted by molar-refractivity contribution is 8.06. The topological polar surface area (TPSA) is 37.8 Å². The fourth-order valence-corrected chi connectivity index (χ4v) is 6.07. The van der Waals surface area contributed by atoms with Gasteiger partial charge in [0.25, 0.3) is 0 Å². The first-order chi connectivity index (χ1) is 10.00. The quantitative estimate of drug-likeness (QED) is 0.900. The molecule has 3 atom stereocenters. The van der Waals surface area contributed by atoms with Crippen LogP contribution in [0.1, 0.15) is 55.6 Å². The Balaban J connectivity index is 1.93. The molecule has 2 heterocycles. The minimum absolute atomic E-state index is 0.312. The van der Waals surface area contributed by atoms with Crippen LogP contribution in [-0.2, 0) is 6.42 Å². The van der Waals surface area contributed by atoms with Gasteiger partial charge in [-0.25, -0.2) is 9.97 Å². The van der Waals surface area contributed by atoms with Crippen LogP contribution in [0.4, 0.5) is 0 Å². The fourth-order valence-electron chi connectivity index (χ4n) is 3.37. The lowest BCUT2D eigenvalue weighted by Gasteiger charge is -2.36. The molecule has 3 unspecified atom stereocenters. The molecular formula is C16H25N3S2. The molecule has 1 saturated heterocycles. The number of fused-ring (bicyclic) bond motifs is 1. The highest BCUT2D eigenvalue weighted by atomic mass is 32.2. The van der Waals surface area contributed by atoms with Gasteiger partial charge in [0.15, 0.2) is 0 Å². The largest absolute Gasteiger partial charge is 0.313 e. The molecule has 0 saturated carbocycles. The van der Waals surface area contributed by atoms with Crippen molar-refractivity contribution in [1.82, 2.24) is 15.3 Å². The number of hydrogen-bond acceptors (Lipinski definition) is 5. The summed E-state index contributed by atoms with van der Waals surface area (Å²) in [5.74, 6) is 3.51. The van der Waals surface area contributed by atoms with Crippen molar-refractivity contribution in [3.63, 3.8) is 0 Å². The van der Waals surface area contributed by atoms with Gasteiger partial charge in [0, 0.05) is 40.3 Å². The lowest BCUT2D eigenvalue weighted by atomic mass is 9.74. The molecular weight excluding hydrogens is 298 g/mol. The van der Waals surface area contributed by atoms with Crippen molar-refractivity contribution < 1.29 is 0 Å². The lowest BCUT2D eigenvalue weighted by molar-refractivity contribution is 0.259. The Morgan fingerprint density at radius 1 is 1.29 bits per heavy atom. The van der Waals surface area contributed by atoms with Crippen molar-refractivity contribution in [2.75, 3.05) is 18.6 Å². The van der Waals surface area contributed by atoms with Crippen molar-refractivity contribution >= 4 is 23.5 Å². The average molecular weight is 324 g/mol. The van der Waals surface area contributed by atoms with Gasteiger partial charge in [-0.3, -0.25) is 0 Å². The van der Waals surface area contributed by atoms with Gasteiger partial charge in [0.05, 0.1) is 5.25 Å². The van der Waals surface area contributed by atoms with Gasteiger partial charge in [-0.05, 0) is 25.3 Å². The third-order valence-corrected chi connectivity index (χ3v) is 7.57. The van der Waals surface area contributed by atoms with Gasteiger partial charge < -0.3 is 5.32 Å². The van der Waals surface area contributed by atoms with Crippen LogP contribution in [-0.4, -0.2) is 33.8 Å². The normalized spacial score (nSPS) is 31.7. The van der Waals surface area contributed by atoms with Gasteiger partial charge >= 0.3 is 0 Å². The fraction of sp³-hybridized carbons (Fsp3) is 0.750. The van der Waals surface area contributed by atoms with Gasteiger partial charge in [-0.2, -0.15) is 11.8 Å². The third-order valence-electron chi connectivity index (χ3n) is 4.49. The van der Waals surface area contributed by atoms with E-state index >= 15 is 0 Å². The standard InChI is InChI=1S/C16H25N3S2/c1-10-14(21-6-5-20-10)15-18-9-11-12(17-4)7-16(2,3)8-13(11)19-15/h9-10,12,14,17H,5-8H2,1-4H3. The molecule has 1 aromatic heterocycles. The Morgan fingerprint density at radius 2 is 2.05 bits per heavy atom. The highest BCUT2D eigenvalue weighted by Crippen LogP contribution is 2.43. The highest BCUT2D eigenvalue weighted by Gasteiger charge is 2.34.